The number of rotatable bonds is 2. The van der Waals surface area contributed by atoms with E-state index < -0.39 is 0 Å². The van der Waals surface area contributed by atoms with E-state index in [0.29, 0.717) is 11.8 Å². The predicted octanol–water partition coefficient (Wildman–Crippen LogP) is 1.10. The molecule has 72 valence electrons. The van der Waals surface area contributed by atoms with Crippen LogP contribution in [-0.4, -0.2) is 24.7 Å². The van der Waals surface area contributed by atoms with Crippen LogP contribution < -0.4 is 0 Å². The van der Waals surface area contributed by atoms with Gasteiger partial charge in [-0.05, 0) is 6.92 Å². The van der Waals surface area contributed by atoms with Gasteiger partial charge in [0.05, 0.1) is 5.88 Å². The second-order valence-electron chi connectivity index (χ2n) is 2.75. The van der Waals surface area contributed by atoms with Crippen LogP contribution in [0, 0.1) is 6.92 Å². The first-order valence-corrected chi connectivity index (χ1v) is 4.58. The predicted molar refractivity (Wildman–Crippen MR) is 51.2 cm³/mol. The Morgan fingerprint density at radius 3 is 2.93 bits per heavy atom. The van der Waals surface area contributed by atoms with Crippen molar-refractivity contribution < 1.29 is 0 Å². The van der Waals surface area contributed by atoms with Gasteiger partial charge in [0, 0.05) is 17.5 Å². The summed E-state index contributed by atoms with van der Waals surface area (Å²) in [7, 11) is 0. The van der Waals surface area contributed by atoms with Gasteiger partial charge in [-0.3, -0.25) is 0 Å². The molecule has 0 unspecified atom stereocenters. The van der Waals surface area contributed by atoms with Gasteiger partial charge >= 0.3 is 0 Å². The molecule has 0 saturated heterocycles. The molecule has 0 amide bonds. The second-order valence-corrected chi connectivity index (χ2v) is 3.02. The fourth-order valence-electron chi connectivity index (χ4n) is 1.03. The molecule has 0 radical (unpaired) electrons. The van der Waals surface area contributed by atoms with Crippen molar-refractivity contribution in [2.24, 2.45) is 0 Å². The van der Waals surface area contributed by atoms with E-state index >= 15 is 0 Å². The quantitative estimate of drug-likeness (QED) is 0.696. The van der Waals surface area contributed by atoms with Gasteiger partial charge in [0.2, 0.25) is 0 Å². The van der Waals surface area contributed by atoms with Crippen LogP contribution in [-0.2, 0) is 5.88 Å². The van der Waals surface area contributed by atoms with Gasteiger partial charge in [0.1, 0.15) is 12.7 Å². The highest BCUT2D eigenvalue weighted by atomic mass is 35.5. The van der Waals surface area contributed by atoms with Crippen molar-refractivity contribution in [2.75, 3.05) is 0 Å². The van der Waals surface area contributed by atoms with E-state index in [9.17, 15) is 0 Å². The van der Waals surface area contributed by atoms with E-state index in [1.807, 2.05) is 6.92 Å². The molecule has 2 heterocycles. The summed E-state index contributed by atoms with van der Waals surface area (Å²) in [5.41, 5.74) is 1.79. The molecule has 0 aliphatic rings. The highest BCUT2D eigenvalue weighted by molar-refractivity contribution is 6.17. The van der Waals surface area contributed by atoms with Crippen LogP contribution in [0.2, 0.25) is 0 Å². The van der Waals surface area contributed by atoms with Gasteiger partial charge in [0.15, 0.2) is 0 Å². The van der Waals surface area contributed by atoms with Crippen molar-refractivity contribution in [3.8, 4) is 5.95 Å². The molecule has 2 aromatic rings. The van der Waals surface area contributed by atoms with E-state index in [1.54, 1.807) is 12.5 Å². The summed E-state index contributed by atoms with van der Waals surface area (Å²) in [6, 6.07) is 0. The zero-order valence-corrected chi connectivity index (χ0v) is 8.31. The molecule has 2 aromatic heterocycles. The first kappa shape index (κ1) is 9.08. The van der Waals surface area contributed by atoms with Gasteiger partial charge in [-0.2, -0.15) is 9.78 Å². The van der Waals surface area contributed by atoms with E-state index in [1.165, 1.54) is 11.0 Å². The normalized spacial score (nSPS) is 10.4. The van der Waals surface area contributed by atoms with Crippen LogP contribution in [0.3, 0.4) is 0 Å². The average Bonchev–Trinajstić information content (AvgIpc) is 2.70. The molecule has 0 atom stereocenters. The van der Waals surface area contributed by atoms with Crippen molar-refractivity contribution >= 4 is 11.6 Å². The second kappa shape index (κ2) is 3.71. The summed E-state index contributed by atoms with van der Waals surface area (Å²) in [5, 5.41) is 3.93. The number of halogens is 1. The van der Waals surface area contributed by atoms with Gasteiger partial charge in [-0.25, -0.2) is 15.0 Å². The lowest BCUT2D eigenvalue weighted by molar-refractivity contribution is 0.795. The lowest BCUT2D eigenvalue weighted by Gasteiger charge is -2.02. The van der Waals surface area contributed by atoms with Crippen molar-refractivity contribution in [2.45, 2.75) is 12.8 Å². The molecule has 0 aliphatic carbocycles. The Labute approximate surface area is 85.8 Å². The average molecular weight is 210 g/mol. The minimum absolute atomic E-state index is 0.420. The Morgan fingerprint density at radius 1 is 1.50 bits per heavy atom. The lowest BCUT2D eigenvalue weighted by Crippen LogP contribution is -2.04. The molecule has 0 spiro atoms. The summed E-state index contributed by atoms with van der Waals surface area (Å²) in [4.78, 5) is 12.2. The molecule has 14 heavy (non-hydrogen) atoms. The Hall–Kier alpha value is -1.49. The number of aryl methyl sites for hydroxylation is 1. The number of alkyl halides is 1. The summed E-state index contributed by atoms with van der Waals surface area (Å²) in [6.45, 7) is 1.89. The van der Waals surface area contributed by atoms with Crippen LogP contribution in [0.4, 0.5) is 0 Å². The molecule has 0 aromatic carbocycles. The van der Waals surface area contributed by atoms with Crippen molar-refractivity contribution in [1.82, 2.24) is 24.7 Å². The highest BCUT2D eigenvalue weighted by Crippen LogP contribution is 2.08. The zero-order chi connectivity index (χ0) is 9.97. The van der Waals surface area contributed by atoms with Gasteiger partial charge in [0.25, 0.3) is 5.95 Å². The number of hydrogen-bond acceptors (Lipinski definition) is 4. The number of hydrogen-bond donors (Lipinski definition) is 0. The largest absolute Gasteiger partial charge is 0.252 e. The third-order valence-electron chi connectivity index (χ3n) is 1.84. The third kappa shape index (κ3) is 1.58. The van der Waals surface area contributed by atoms with E-state index in [0.717, 1.165) is 11.3 Å². The number of aromatic nitrogens is 5. The Bertz CT molecular complexity index is 425. The van der Waals surface area contributed by atoms with Crippen LogP contribution >= 0.6 is 11.6 Å². The first-order chi connectivity index (χ1) is 6.81. The molecule has 5 nitrogen and oxygen atoms in total. The Morgan fingerprint density at radius 2 is 2.36 bits per heavy atom. The summed E-state index contributed by atoms with van der Waals surface area (Å²) in [6.07, 6.45) is 4.69. The number of nitrogens with zero attached hydrogens (tertiary/aromatic N) is 5. The molecule has 0 N–H and O–H groups in total. The molecule has 0 saturated carbocycles. The van der Waals surface area contributed by atoms with Crippen molar-refractivity contribution in [3.05, 3.63) is 30.1 Å². The molecule has 6 heteroatoms. The van der Waals surface area contributed by atoms with Crippen LogP contribution in [0.25, 0.3) is 5.95 Å². The van der Waals surface area contributed by atoms with Crippen LogP contribution in [0.1, 0.15) is 11.3 Å². The highest BCUT2D eigenvalue weighted by Gasteiger charge is 2.03. The summed E-state index contributed by atoms with van der Waals surface area (Å²) in [5.74, 6) is 0.928. The van der Waals surface area contributed by atoms with Crippen LogP contribution in [0.15, 0.2) is 18.9 Å². The summed E-state index contributed by atoms with van der Waals surface area (Å²) < 4.78 is 1.50. The van der Waals surface area contributed by atoms with Gasteiger partial charge in [-0.1, -0.05) is 0 Å². The maximum atomic E-state index is 5.69. The van der Waals surface area contributed by atoms with Crippen molar-refractivity contribution in [3.63, 3.8) is 0 Å². The SMILES string of the molecule is Cc1nc(-n2cncn2)ncc1CCl. The Balaban J connectivity index is 2.43. The molecular formula is C8H8ClN5. The van der Waals surface area contributed by atoms with Gasteiger partial charge < -0.3 is 0 Å². The molecular weight excluding hydrogens is 202 g/mol. The standard InChI is InChI=1S/C8H8ClN5/c1-6-7(2-9)3-11-8(13-6)14-5-10-4-12-14/h3-5H,2H2,1H3. The lowest BCUT2D eigenvalue weighted by atomic mass is 10.3. The molecule has 0 fully saturated rings. The fraction of sp³-hybridized carbons (Fsp3) is 0.250. The molecule has 0 bridgehead atoms. The van der Waals surface area contributed by atoms with Gasteiger partial charge in [-0.15, -0.1) is 11.6 Å². The van der Waals surface area contributed by atoms with Crippen molar-refractivity contribution in [1.29, 1.82) is 0 Å². The maximum absolute atomic E-state index is 5.69. The minimum atomic E-state index is 0.420. The third-order valence-corrected chi connectivity index (χ3v) is 2.12. The monoisotopic (exact) mass is 209 g/mol. The Kier molecular flexibility index (Phi) is 2.41. The topological polar surface area (TPSA) is 56.5 Å². The fourth-order valence-corrected chi connectivity index (χ4v) is 1.30. The van der Waals surface area contributed by atoms with Crippen LogP contribution in [0.5, 0.6) is 0 Å². The zero-order valence-electron chi connectivity index (χ0n) is 7.55. The van der Waals surface area contributed by atoms with E-state index in [-0.39, 0.29) is 0 Å². The first-order valence-electron chi connectivity index (χ1n) is 4.04. The molecule has 2 rings (SSSR count). The summed E-state index contributed by atoms with van der Waals surface area (Å²) >= 11 is 5.69. The van der Waals surface area contributed by atoms with E-state index in [4.69, 9.17) is 11.6 Å². The molecule has 0 aliphatic heterocycles. The van der Waals surface area contributed by atoms with E-state index in [2.05, 4.69) is 20.1 Å². The smallest absolute Gasteiger partial charge is 0.223 e. The maximum Gasteiger partial charge on any atom is 0.252 e. The minimum Gasteiger partial charge on any atom is -0.223 e.